The molecular weight excluding hydrogens is 247 g/mol. The van der Waals surface area contributed by atoms with Gasteiger partial charge in [-0.25, -0.2) is 8.42 Å². The molecule has 96 valence electrons. The molecule has 0 aliphatic carbocycles. The van der Waals surface area contributed by atoms with Gasteiger partial charge < -0.3 is 10.4 Å². The van der Waals surface area contributed by atoms with E-state index in [2.05, 4.69) is 5.32 Å². The zero-order valence-electron chi connectivity index (χ0n) is 8.50. The second kappa shape index (κ2) is 4.89. The van der Waals surface area contributed by atoms with Gasteiger partial charge in [0.05, 0.1) is 11.5 Å². The molecule has 0 radical (unpaired) electrons. The molecule has 0 spiro atoms. The second-order valence-electron chi connectivity index (χ2n) is 3.89. The van der Waals surface area contributed by atoms with Crippen LogP contribution in [-0.2, 0) is 9.84 Å². The summed E-state index contributed by atoms with van der Waals surface area (Å²) in [4.78, 5) is 0. The van der Waals surface area contributed by atoms with Gasteiger partial charge in [-0.2, -0.15) is 13.2 Å². The highest BCUT2D eigenvalue weighted by Crippen LogP contribution is 2.20. The third-order valence-corrected chi connectivity index (χ3v) is 4.25. The van der Waals surface area contributed by atoms with Crippen LogP contribution in [0.1, 0.15) is 12.8 Å². The predicted octanol–water partition coefficient (Wildman–Crippen LogP) is 0.0764. The van der Waals surface area contributed by atoms with Gasteiger partial charge in [0.25, 0.3) is 0 Å². The molecule has 1 saturated heterocycles. The third kappa shape index (κ3) is 4.26. The summed E-state index contributed by atoms with van der Waals surface area (Å²) in [5, 5.41) is 11.2. The number of aliphatic hydroxyl groups excluding tert-OH is 1. The van der Waals surface area contributed by atoms with Crippen LogP contribution in [0.5, 0.6) is 0 Å². The Morgan fingerprint density at radius 1 is 1.31 bits per heavy atom. The van der Waals surface area contributed by atoms with Crippen LogP contribution in [0, 0.1) is 0 Å². The largest absolute Gasteiger partial charge is 0.415 e. The minimum atomic E-state index is -4.63. The molecule has 8 heteroatoms. The number of alkyl halides is 3. The Bertz CT molecular complexity index is 314. The van der Waals surface area contributed by atoms with Crippen molar-refractivity contribution in [3.8, 4) is 0 Å². The monoisotopic (exact) mass is 261 g/mol. The Morgan fingerprint density at radius 3 is 2.25 bits per heavy atom. The number of hydrogen-bond acceptors (Lipinski definition) is 4. The third-order valence-electron chi connectivity index (χ3n) is 2.53. The first-order valence-electron chi connectivity index (χ1n) is 4.89. The molecule has 1 fully saturated rings. The molecule has 1 heterocycles. The van der Waals surface area contributed by atoms with Crippen LogP contribution >= 0.6 is 0 Å². The summed E-state index contributed by atoms with van der Waals surface area (Å²) < 4.78 is 57.9. The summed E-state index contributed by atoms with van der Waals surface area (Å²) in [6.45, 7) is -0.589. The highest BCUT2D eigenvalue weighted by molar-refractivity contribution is 7.91. The molecule has 1 rings (SSSR count). The summed E-state index contributed by atoms with van der Waals surface area (Å²) in [6.07, 6.45) is -6.43. The summed E-state index contributed by atoms with van der Waals surface area (Å²) in [6, 6.07) is -0.263. The fraction of sp³-hybridized carbons (Fsp3) is 1.00. The number of halogens is 3. The van der Waals surface area contributed by atoms with Crippen LogP contribution < -0.4 is 5.32 Å². The van der Waals surface area contributed by atoms with E-state index in [1.807, 2.05) is 0 Å². The van der Waals surface area contributed by atoms with Crippen molar-refractivity contribution in [1.82, 2.24) is 5.32 Å². The molecule has 2 N–H and O–H groups in total. The van der Waals surface area contributed by atoms with Gasteiger partial charge in [0.1, 0.15) is 9.84 Å². The number of rotatable bonds is 3. The van der Waals surface area contributed by atoms with Crippen LogP contribution in [0.2, 0.25) is 0 Å². The Hall–Kier alpha value is -0.340. The predicted molar refractivity (Wildman–Crippen MR) is 51.7 cm³/mol. The standard InChI is InChI=1S/C8H14F3NO3S/c9-8(10,11)7(13)5-12-6-1-3-16(14,15)4-2-6/h6-7,12-13H,1-5H2. The Kier molecular flexibility index (Phi) is 4.19. The zero-order valence-corrected chi connectivity index (χ0v) is 9.31. The fourth-order valence-corrected chi connectivity index (χ4v) is 2.98. The van der Waals surface area contributed by atoms with Gasteiger partial charge in [-0.3, -0.25) is 0 Å². The van der Waals surface area contributed by atoms with Crippen LogP contribution in [0.4, 0.5) is 13.2 Å². The van der Waals surface area contributed by atoms with E-state index in [9.17, 15) is 21.6 Å². The smallest absolute Gasteiger partial charge is 0.382 e. The van der Waals surface area contributed by atoms with E-state index in [1.54, 1.807) is 0 Å². The Labute approximate surface area is 91.8 Å². The molecule has 0 aromatic carbocycles. The highest BCUT2D eigenvalue weighted by Gasteiger charge is 2.38. The van der Waals surface area contributed by atoms with E-state index < -0.39 is 28.7 Å². The number of hydrogen-bond donors (Lipinski definition) is 2. The minimum absolute atomic E-state index is 0.00716. The second-order valence-corrected chi connectivity index (χ2v) is 6.20. The van der Waals surface area contributed by atoms with Gasteiger partial charge >= 0.3 is 6.18 Å². The van der Waals surface area contributed by atoms with E-state index in [1.165, 1.54) is 0 Å². The van der Waals surface area contributed by atoms with Gasteiger partial charge in [-0.05, 0) is 12.8 Å². The van der Waals surface area contributed by atoms with Crippen molar-refractivity contribution in [2.75, 3.05) is 18.1 Å². The van der Waals surface area contributed by atoms with Crippen LogP contribution in [-0.4, -0.2) is 49.9 Å². The molecule has 1 aliphatic heterocycles. The normalized spacial score (nSPS) is 24.2. The Morgan fingerprint density at radius 2 is 1.81 bits per heavy atom. The summed E-state index contributed by atoms with van der Waals surface area (Å²) >= 11 is 0. The first-order chi connectivity index (χ1) is 7.21. The van der Waals surface area contributed by atoms with Gasteiger partial charge in [-0.15, -0.1) is 0 Å². The lowest BCUT2D eigenvalue weighted by molar-refractivity contribution is -0.202. The molecule has 0 aromatic heterocycles. The molecular formula is C8H14F3NO3S. The highest BCUT2D eigenvalue weighted by atomic mass is 32.2. The average molecular weight is 261 g/mol. The van der Waals surface area contributed by atoms with Crippen molar-refractivity contribution in [2.24, 2.45) is 0 Å². The molecule has 1 atom stereocenters. The summed E-state index contributed by atoms with van der Waals surface area (Å²) in [7, 11) is -3.01. The van der Waals surface area contributed by atoms with E-state index in [4.69, 9.17) is 5.11 Å². The molecule has 1 aliphatic rings. The molecule has 0 saturated carbocycles. The minimum Gasteiger partial charge on any atom is -0.382 e. The number of sulfone groups is 1. The SMILES string of the molecule is O=S1(=O)CCC(NCC(O)C(F)(F)F)CC1. The maximum absolute atomic E-state index is 11.9. The van der Waals surface area contributed by atoms with E-state index >= 15 is 0 Å². The Balaban J connectivity index is 2.30. The van der Waals surface area contributed by atoms with E-state index in [0.29, 0.717) is 12.8 Å². The van der Waals surface area contributed by atoms with E-state index in [0.717, 1.165) is 0 Å². The molecule has 0 amide bonds. The molecule has 1 unspecified atom stereocenters. The summed E-state index contributed by atoms with van der Waals surface area (Å²) in [5.41, 5.74) is 0. The van der Waals surface area contributed by atoms with Crippen molar-refractivity contribution in [3.05, 3.63) is 0 Å². The topological polar surface area (TPSA) is 66.4 Å². The maximum Gasteiger partial charge on any atom is 0.415 e. The molecule has 16 heavy (non-hydrogen) atoms. The van der Waals surface area contributed by atoms with Crippen molar-refractivity contribution >= 4 is 9.84 Å². The van der Waals surface area contributed by atoms with Crippen molar-refractivity contribution in [3.63, 3.8) is 0 Å². The van der Waals surface area contributed by atoms with Crippen LogP contribution in [0.25, 0.3) is 0 Å². The van der Waals surface area contributed by atoms with E-state index in [-0.39, 0.29) is 17.5 Å². The molecule has 0 bridgehead atoms. The quantitative estimate of drug-likeness (QED) is 0.755. The first kappa shape index (κ1) is 13.7. The van der Waals surface area contributed by atoms with Gasteiger partial charge in [-0.1, -0.05) is 0 Å². The van der Waals surface area contributed by atoms with Crippen molar-refractivity contribution < 1.29 is 26.7 Å². The molecule has 0 aromatic rings. The molecule has 4 nitrogen and oxygen atoms in total. The lowest BCUT2D eigenvalue weighted by Crippen LogP contribution is -2.45. The van der Waals surface area contributed by atoms with Crippen molar-refractivity contribution in [1.29, 1.82) is 0 Å². The lowest BCUT2D eigenvalue weighted by atomic mass is 10.1. The zero-order chi connectivity index (χ0) is 12.4. The summed E-state index contributed by atoms with van der Waals surface area (Å²) in [5.74, 6) is -0.0143. The van der Waals surface area contributed by atoms with Gasteiger partial charge in [0.2, 0.25) is 0 Å². The number of aliphatic hydroxyl groups is 1. The lowest BCUT2D eigenvalue weighted by Gasteiger charge is -2.25. The van der Waals surface area contributed by atoms with Gasteiger partial charge in [0.15, 0.2) is 6.10 Å². The first-order valence-corrected chi connectivity index (χ1v) is 6.71. The average Bonchev–Trinajstić information content (AvgIpc) is 2.14. The van der Waals surface area contributed by atoms with Gasteiger partial charge in [0, 0.05) is 12.6 Å². The number of nitrogens with one attached hydrogen (secondary N) is 1. The van der Waals surface area contributed by atoms with Crippen LogP contribution in [0.3, 0.4) is 0 Å². The maximum atomic E-state index is 11.9. The van der Waals surface area contributed by atoms with Crippen LogP contribution in [0.15, 0.2) is 0 Å². The van der Waals surface area contributed by atoms with Crippen molar-refractivity contribution in [2.45, 2.75) is 31.2 Å². The fourth-order valence-electron chi connectivity index (χ4n) is 1.49.